The largest absolute Gasteiger partial charge is 0.496 e. The van der Waals surface area contributed by atoms with Crippen LogP contribution in [0.15, 0.2) is 30.3 Å². The minimum absolute atomic E-state index is 0.257. The number of ether oxygens (including phenoxy) is 3. The molecule has 0 fully saturated rings. The molecule has 0 aliphatic carbocycles. The average molecular weight is 307 g/mol. The Morgan fingerprint density at radius 1 is 1.18 bits per heavy atom. The highest BCUT2D eigenvalue weighted by molar-refractivity contribution is 5.78. The van der Waals surface area contributed by atoms with Crippen LogP contribution in [0.3, 0.4) is 0 Å². The van der Waals surface area contributed by atoms with E-state index in [4.69, 9.17) is 19.9 Å². The van der Waals surface area contributed by atoms with Gasteiger partial charge in [-0.25, -0.2) is 8.78 Å². The number of hydrogen-bond donors (Lipinski definition) is 1. The van der Waals surface area contributed by atoms with Crippen molar-refractivity contribution in [3.63, 3.8) is 0 Å². The van der Waals surface area contributed by atoms with Crippen molar-refractivity contribution in [2.24, 2.45) is 5.73 Å². The molecular weight excluding hydrogens is 292 g/mol. The van der Waals surface area contributed by atoms with Crippen LogP contribution in [0, 0.1) is 11.6 Å². The predicted octanol–water partition coefficient (Wildman–Crippen LogP) is 2.74. The lowest BCUT2D eigenvalue weighted by Gasteiger charge is -2.27. The van der Waals surface area contributed by atoms with Gasteiger partial charge in [0, 0.05) is 29.8 Å². The van der Waals surface area contributed by atoms with Crippen LogP contribution in [-0.2, 0) is 0 Å². The molecule has 116 valence electrons. The van der Waals surface area contributed by atoms with Gasteiger partial charge in [-0.2, -0.15) is 0 Å². The third-order valence-corrected chi connectivity index (χ3v) is 3.45. The molecule has 4 nitrogen and oxygen atoms in total. The SMILES string of the molecule is COc1cc(F)ccc1-c1cc(F)cc2c1O[C@@H](CN)CO2. The number of halogens is 2. The highest BCUT2D eigenvalue weighted by atomic mass is 19.1. The Morgan fingerprint density at radius 3 is 2.73 bits per heavy atom. The average Bonchev–Trinajstić information content (AvgIpc) is 2.53. The topological polar surface area (TPSA) is 53.7 Å². The fourth-order valence-corrected chi connectivity index (χ4v) is 2.38. The molecule has 0 spiro atoms. The molecule has 1 aliphatic rings. The minimum Gasteiger partial charge on any atom is -0.496 e. The highest BCUT2D eigenvalue weighted by Gasteiger charge is 2.25. The second kappa shape index (κ2) is 5.81. The lowest BCUT2D eigenvalue weighted by molar-refractivity contribution is 0.0971. The lowest BCUT2D eigenvalue weighted by Crippen LogP contribution is -2.36. The van der Waals surface area contributed by atoms with Crippen LogP contribution in [0.5, 0.6) is 17.2 Å². The van der Waals surface area contributed by atoms with E-state index in [0.29, 0.717) is 22.6 Å². The van der Waals surface area contributed by atoms with Gasteiger partial charge in [0.1, 0.15) is 30.1 Å². The highest BCUT2D eigenvalue weighted by Crippen LogP contribution is 2.44. The summed E-state index contributed by atoms with van der Waals surface area (Å²) in [6, 6.07) is 6.58. The normalized spacial score (nSPS) is 16.5. The van der Waals surface area contributed by atoms with E-state index in [1.54, 1.807) is 0 Å². The van der Waals surface area contributed by atoms with Crippen LogP contribution in [0.1, 0.15) is 0 Å². The minimum atomic E-state index is -0.477. The lowest BCUT2D eigenvalue weighted by atomic mass is 10.0. The van der Waals surface area contributed by atoms with Crippen LogP contribution in [0.4, 0.5) is 8.78 Å². The molecule has 0 bridgehead atoms. The second-order valence-corrected chi connectivity index (χ2v) is 4.91. The van der Waals surface area contributed by atoms with Crippen LogP contribution < -0.4 is 19.9 Å². The molecule has 3 rings (SSSR count). The zero-order valence-corrected chi connectivity index (χ0v) is 11.9. The number of methoxy groups -OCH3 is 1. The first-order valence-corrected chi connectivity index (χ1v) is 6.79. The molecule has 0 saturated carbocycles. The smallest absolute Gasteiger partial charge is 0.170 e. The Hall–Kier alpha value is -2.34. The molecule has 0 aromatic heterocycles. The Bertz CT molecular complexity index is 706. The third kappa shape index (κ3) is 2.57. The molecule has 22 heavy (non-hydrogen) atoms. The summed E-state index contributed by atoms with van der Waals surface area (Å²) >= 11 is 0. The van der Waals surface area contributed by atoms with E-state index >= 15 is 0 Å². The summed E-state index contributed by atoms with van der Waals surface area (Å²) in [6.07, 6.45) is -0.317. The molecule has 2 N–H and O–H groups in total. The number of nitrogens with two attached hydrogens (primary N) is 1. The van der Waals surface area contributed by atoms with E-state index < -0.39 is 11.6 Å². The third-order valence-electron chi connectivity index (χ3n) is 3.45. The maximum Gasteiger partial charge on any atom is 0.170 e. The van der Waals surface area contributed by atoms with Crippen molar-refractivity contribution in [3.8, 4) is 28.4 Å². The van der Waals surface area contributed by atoms with E-state index in [9.17, 15) is 8.78 Å². The Morgan fingerprint density at radius 2 is 2.00 bits per heavy atom. The van der Waals surface area contributed by atoms with E-state index in [1.165, 1.54) is 37.4 Å². The molecule has 1 atom stereocenters. The van der Waals surface area contributed by atoms with Crippen molar-refractivity contribution in [2.45, 2.75) is 6.10 Å². The Labute approximate surface area is 126 Å². The summed E-state index contributed by atoms with van der Waals surface area (Å²) in [5, 5.41) is 0. The molecule has 0 amide bonds. The van der Waals surface area contributed by atoms with E-state index in [-0.39, 0.29) is 25.0 Å². The van der Waals surface area contributed by atoms with E-state index in [2.05, 4.69) is 0 Å². The van der Waals surface area contributed by atoms with Gasteiger partial charge in [-0.3, -0.25) is 0 Å². The number of hydrogen-bond acceptors (Lipinski definition) is 4. The number of benzene rings is 2. The fourth-order valence-electron chi connectivity index (χ4n) is 2.38. The zero-order chi connectivity index (χ0) is 15.7. The Balaban J connectivity index is 2.17. The summed E-state index contributed by atoms with van der Waals surface area (Å²) < 4.78 is 43.7. The van der Waals surface area contributed by atoms with Gasteiger partial charge in [0.05, 0.1) is 7.11 Å². The van der Waals surface area contributed by atoms with Gasteiger partial charge in [0.25, 0.3) is 0 Å². The quantitative estimate of drug-likeness (QED) is 0.947. The van der Waals surface area contributed by atoms with Gasteiger partial charge in [-0.1, -0.05) is 0 Å². The van der Waals surface area contributed by atoms with Crippen molar-refractivity contribution in [2.75, 3.05) is 20.3 Å². The van der Waals surface area contributed by atoms with E-state index in [1.807, 2.05) is 0 Å². The fraction of sp³-hybridized carbons (Fsp3) is 0.250. The van der Waals surface area contributed by atoms with Gasteiger partial charge in [-0.05, 0) is 18.2 Å². The molecule has 0 unspecified atom stereocenters. The van der Waals surface area contributed by atoms with Crippen molar-refractivity contribution in [3.05, 3.63) is 42.0 Å². The second-order valence-electron chi connectivity index (χ2n) is 4.91. The van der Waals surface area contributed by atoms with E-state index in [0.717, 1.165) is 0 Å². The van der Waals surface area contributed by atoms with Gasteiger partial charge in [0.15, 0.2) is 11.5 Å². The number of fused-ring (bicyclic) bond motifs is 1. The standard InChI is InChI=1S/C16H15F2NO3/c1-20-14-5-9(17)2-3-12(14)13-4-10(18)6-15-16(13)22-11(7-19)8-21-15/h2-6,11H,7-8,19H2,1H3/t11-/m0/s1. The van der Waals surface area contributed by atoms with Gasteiger partial charge >= 0.3 is 0 Å². The van der Waals surface area contributed by atoms with Gasteiger partial charge < -0.3 is 19.9 Å². The van der Waals surface area contributed by atoms with Gasteiger partial charge in [0.2, 0.25) is 0 Å². The summed E-state index contributed by atoms with van der Waals surface area (Å²) in [7, 11) is 1.42. The van der Waals surface area contributed by atoms with Crippen molar-refractivity contribution in [1.29, 1.82) is 0 Å². The summed E-state index contributed by atoms with van der Waals surface area (Å²) in [5.41, 5.74) is 6.55. The zero-order valence-electron chi connectivity index (χ0n) is 11.9. The molecule has 1 heterocycles. The molecular formula is C16H15F2NO3. The van der Waals surface area contributed by atoms with Crippen molar-refractivity contribution < 1.29 is 23.0 Å². The molecule has 2 aromatic carbocycles. The first kappa shape index (κ1) is 14.6. The number of rotatable bonds is 3. The molecule has 0 radical (unpaired) electrons. The summed E-state index contributed by atoms with van der Waals surface area (Å²) in [6.45, 7) is 0.532. The molecule has 6 heteroatoms. The maximum atomic E-state index is 13.9. The van der Waals surface area contributed by atoms with Crippen molar-refractivity contribution >= 4 is 0 Å². The Kier molecular flexibility index (Phi) is 3.85. The maximum absolute atomic E-state index is 13.9. The van der Waals surface area contributed by atoms with Crippen LogP contribution in [-0.4, -0.2) is 26.4 Å². The molecule has 2 aromatic rings. The first-order valence-electron chi connectivity index (χ1n) is 6.79. The van der Waals surface area contributed by atoms with Gasteiger partial charge in [-0.15, -0.1) is 0 Å². The van der Waals surface area contributed by atoms with Crippen LogP contribution >= 0.6 is 0 Å². The molecule has 0 saturated heterocycles. The predicted molar refractivity (Wildman–Crippen MR) is 77.3 cm³/mol. The monoisotopic (exact) mass is 307 g/mol. The molecule has 1 aliphatic heterocycles. The van der Waals surface area contributed by atoms with Crippen molar-refractivity contribution in [1.82, 2.24) is 0 Å². The van der Waals surface area contributed by atoms with Crippen LogP contribution in [0.25, 0.3) is 11.1 Å². The summed E-state index contributed by atoms with van der Waals surface area (Å²) in [5.74, 6) is 0.0446. The van der Waals surface area contributed by atoms with Crippen LogP contribution in [0.2, 0.25) is 0 Å². The summed E-state index contributed by atoms with van der Waals surface area (Å²) in [4.78, 5) is 0. The first-order chi connectivity index (χ1) is 10.6.